The van der Waals surface area contributed by atoms with E-state index in [0.29, 0.717) is 5.56 Å². The van der Waals surface area contributed by atoms with Crippen molar-refractivity contribution in [3.63, 3.8) is 0 Å². The minimum Gasteiger partial charge on any atom is -0.354 e. The quantitative estimate of drug-likeness (QED) is 0.610. The van der Waals surface area contributed by atoms with E-state index < -0.39 is 5.91 Å². The van der Waals surface area contributed by atoms with Gasteiger partial charge in [0, 0.05) is 24.0 Å². The number of carbonyl (C=O) groups is 2. The first-order chi connectivity index (χ1) is 10.8. The van der Waals surface area contributed by atoms with Crippen LogP contribution in [0, 0.1) is 0 Å². The zero-order valence-electron chi connectivity index (χ0n) is 14.0. The van der Waals surface area contributed by atoms with Gasteiger partial charge in [0.25, 0.3) is 11.8 Å². The lowest BCUT2D eigenvalue weighted by molar-refractivity contribution is -0.110. The van der Waals surface area contributed by atoms with E-state index in [0.717, 1.165) is 0 Å². The van der Waals surface area contributed by atoms with E-state index in [1.165, 1.54) is 18.1 Å². The molecule has 2 amide bonds. The molecule has 0 saturated carbocycles. The molecule has 0 aliphatic heterocycles. The first-order valence-electron chi connectivity index (χ1n) is 7.09. The molecule has 0 radical (unpaired) electrons. The lowest BCUT2D eigenvalue weighted by Crippen LogP contribution is -2.26. The Balaban J connectivity index is 0. The fourth-order valence-electron chi connectivity index (χ4n) is 1.78. The van der Waals surface area contributed by atoms with Gasteiger partial charge in [-0.1, -0.05) is 20.4 Å². The summed E-state index contributed by atoms with van der Waals surface area (Å²) in [7, 11) is 4.93. The lowest BCUT2D eigenvalue weighted by atomic mass is 10.0. The van der Waals surface area contributed by atoms with Crippen LogP contribution in [0.25, 0.3) is 0 Å². The number of rotatable bonds is 6. The van der Waals surface area contributed by atoms with Crippen LogP contribution in [0.1, 0.15) is 38.7 Å². The molecule has 0 atom stereocenters. The number of anilines is 1. The number of carbonyl (C=O) groups excluding carboxylic acids is 2. The van der Waals surface area contributed by atoms with Crippen LogP contribution in [-0.4, -0.2) is 53.9 Å². The Morgan fingerprint density at radius 2 is 2.04 bits per heavy atom. The third kappa shape index (κ3) is 4.87. The van der Waals surface area contributed by atoms with E-state index >= 15 is 0 Å². The second kappa shape index (κ2) is 8.02. The summed E-state index contributed by atoms with van der Waals surface area (Å²) >= 11 is 0. The fraction of sp³-hybridized carbons (Fsp3) is 0.400. The van der Waals surface area contributed by atoms with E-state index in [4.69, 9.17) is 0 Å². The highest BCUT2D eigenvalue weighted by Crippen LogP contribution is 2.20. The van der Waals surface area contributed by atoms with Crippen LogP contribution in [0.15, 0.2) is 23.8 Å². The van der Waals surface area contributed by atoms with E-state index in [1.54, 1.807) is 20.2 Å². The SMILES string of the molecule is C=C/C(=N\N(C)C)C(=O)Nc1cc(C(C)C)c(C(=O)NC)nn1.[HH].[HH]. The van der Waals surface area contributed by atoms with E-state index in [2.05, 4.69) is 32.5 Å². The normalized spacial score (nSPS) is 11.1. The van der Waals surface area contributed by atoms with E-state index in [-0.39, 0.29) is 31.9 Å². The van der Waals surface area contributed by atoms with Crippen molar-refractivity contribution in [3.05, 3.63) is 30.0 Å². The maximum atomic E-state index is 12.1. The first-order valence-corrected chi connectivity index (χ1v) is 7.09. The number of hydrogen-bond acceptors (Lipinski definition) is 6. The van der Waals surface area contributed by atoms with Crippen LogP contribution in [-0.2, 0) is 4.79 Å². The van der Waals surface area contributed by atoms with Crippen molar-refractivity contribution in [1.29, 1.82) is 0 Å². The molecule has 0 saturated heterocycles. The lowest BCUT2D eigenvalue weighted by Gasteiger charge is -2.12. The third-order valence-corrected chi connectivity index (χ3v) is 2.86. The van der Waals surface area contributed by atoms with Crippen molar-refractivity contribution in [2.45, 2.75) is 19.8 Å². The van der Waals surface area contributed by atoms with E-state index in [1.807, 2.05) is 13.8 Å². The summed E-state index contributed by atoms with van der Waals surface area (Å²) in [4.78, 5) is 24.0. The van der Waals surface area contributed by atoms with Crippen molar-refractivity contribution in [1.82, 2.24) is 20.5 Å². The number of nitrogens with one attached hydrogen (secondary N) is 2. The predicted molar refractivity (Wildman–Crippen MR) is 93.7 cm³/mol. The molecule has 1 heterocycles. The number of hydrogen-bond donors (Lipinski definition) is 2. The van der Waals surface area contributed by atoms with Crippen molar-refractivity contribution in [3.8, 4) is 0 Å². The Hall–Kier alpha value is -2.77. The number of hydrazone groups is 1. The van der Waals surface area contributed by atoms with Crippen molar-refractivity contribution >= 4 is 23.3 Å². The van der Waals surface area contributed by atoms with Gasteiger partial charge in [-0.25, -0.2) is 0 Å². The Labute approximate surface area is 138 Å². The van der Waals surface area contributed by atoms with Gasteiger partial charge in [-0.3, -0.25) is 9.59 Å². The van der Waals surface area contributed by atoms with Gasteiger partial charge in [-0.15, -0.1) is 10.2 Å². The Bertz CT molecular complexity index is 647. The third-order valence-electron chi connectivity index (χ3n) is 2.86. The standard InChI is InChI=1S/C15H22N6O2.2H2/c1-7-11(20-21(5)6)14(22)17-12-8-10(9(2)3)13(19-18-12)15(23)16-4;;/h7-9H,1H2,2-6H3,(H,16,23)(H,17,18,22);2*1H/b20-11+;;. The number of amides is 2. The van der Waals surface area contributed by atoms with Crippen LogP contribution in [0.3, 0.4) is 0 Å². The van der Waals surface area contributed by atoms with Crippen LogP contribution >= 0.6 is 0 Å². The van der Waals surface area contributed by atoms with Gasteiger partial charge in [-0.2, -0.15) is 5.10 Å². The molecule has 1 rings (SSSR count). The molecule has 128 valence electrons. The summed E-state index contributed by atoms with van der Waals surface area (Å²) in [5, 5.41) is 18.4. The van der Waals surface area contributed by atoms with Gasteiger partial charge in [0.1, 0.15) is 5.71 Å². The fourth-order valence-corrected chi connectivity index (χ4v) is 1.78. The van der Waals surface area contributed by atoms with Gasteiger partial charge >= 0.3 is 0 Å². The van der Waals surface area contributed by atoms with Crippen molar-refractivity contribution < 1.29 is 12.4 Å². The molecule has 1 aromatic heterocycles. The number of nitrogens with zero attached hydrogens (tertiary/aromatic N) is 4. The van der Waals surface area contributed by atoms with E-state index in [9.17, 15) is 9.59 Å². The number of aromatic nitrogens is 2. The zero-order chi connectivity index (χ0) is 17.6. The summed E-state index contributed by atoms with van der Waals surface area (Å²) in [6, 6.07) is 1.64. The molecule has 0 aliphatic carbocycles. The molecule has 0 spiro atoms. The highest BCUT2D eigenvalue weighted by atomic mass is 16.2. The Kier molecular flexibility index (Phi) is 6.37. The van der Waals surface area contributed by atoms with Crippen LogP contribution < -0.4 is 10.6 Å². The van der Waals surface area contributed by atoms with Gasteiger partial charge in [0.2, 0.25) is 0 Å². The second-order valence-electron chi connectivity index (χ2n) is 5.26. The molecule has 8 heteroatoms. The molecule has 0 fully saturated rings. The first kappa shape index (κ1) is 18.3. The van der Waals surface area contributed by atoms with Gasteiger partial charge in [0.05, 0.1) is 0 Å². The zero-order valence-corrected chi connectivity index (χ0v) is 14.0. The topological polar surface area (TPSA) is 99.6 Å². The Morgan fingerprint density at radius 1 is 1.39 bits per heavy atom. The van der Waals surface area contributed by atoms with Gasteiger partial charge < -0.3 is 15.6 Å². The average Bonchev–Trinajstić information content (AvgIpc) is 2.51. The highest BCUT2D eigenvalue weighted by molar-refractivity contribution is 6.46. The van der Waals surface area contributed by atoms with Gasteiger partial charge in [-0.05, 0) is 23.6 Å². The molecule has 2 N–H and O–H groups in total. The molecular weight excluding hydrogens is 296 g/mol. The van der Waals surface area contributed by atoms with Crippen molar-refractivity contribution in [2.75, 3.05) is 26.5 Å². The molecule has 23 heavy (non-hydrogen) atoms. The molecule has 0 aromatic carbocycles. The monoisotopic (exact) mass is 322 g/mol. The summed E-state index contributed by atoms with van der Waals surface area (Å²) in [5.41, 5.74) is 1.09. The highest BCUT2D eigenvalue weighted by Gasteiger charge is 2.18. The molecular formula is C15H26N6O2. The minimum absolute atomic E-state index is 0. The molecule has 1 aromatic rings. The smallest absolute Gasteiger partial charge is 0.277 e. The summed E-state index contributed by atoms with van der Waals surface area (Å²) in [6.45, 7) is 7.42. The summed E-state index contributed by atoms with van der Waals surface area (Å²) in [6.07, 6.45) is 1.35. The largest absolute Gasteiger partial charge is 0.354 e. The Morgan fingerprint density at radius 3 is 2.52 bits per heavy atom. The molecule has 0 bridgehead atoms. The summed E-state index contributed by atoms with van der Waals surface area (Å²) in [5.74, 6) is -0.479. The maximum absolute atomic E-state index is 12.1. The van der Waals surface area contributed by atoms with Crippen molar-refractivity contribution in [2.24, 2.45) is 5.10 Å². The molecule has 8 nitrogen and oxygen atoms in total. The molecule has 0 aliphatic rings. The molecule has 0 unspecified atom stereocenters. The second-order valence-corrected chi connectivity index (χ2v) is 5.26. The maximum Gasteiger partial charge on any atom is 0.277 e. The van der Waals surface area contributed by atoms with Crippen LogP contribution in [0.2, 0.25) is 0 Å². The van der Waals surface area contributed by atoms with Crippen LogP contribution in [0.5, 0.6) is 0 Å². The average molecular weight is 322 g/mol. The van der Waals surface area contributed by atoms with Crippen LogP contribution in [0.4, 0.5) is 5.82 Å². The summed E-state index contributed by atoms with van der Waals surface area (Å²) < 4.78 is 0. The minimum atomic E-state index is -0.453. The van der Waals surface area contributed by atoms with Gasteiger partial charge in [0.15, 0.2) is 11.5 Å². The predicted octanol–water partition coefficient (Wildman–Crippen LogP) is 1.49.